The van der Waals surface area contributed by atoms with Gasteiger partial charge in [-0.3, -0.25) is 9.80 Å². The van der Waals surface area contributed by atoms with Crippen LogP contribution in [-0.4, -0.2) is 60.6 Å². The van der Waals surface area contributed by atoms with Crippen molar-refractivity contribution >= 4 is 0 Å². The van der Waals surface area contributed by atoms with Crippen LogP contribution in [0.2, 0.25) is 0 Å². The third kappa shape index (κ3) is 4.17. The Morgan fingerprint density at radius 3 is 2.63 bits per heavy atom. The number of piperidine rings is 1. The molecule has 2 saturated heterocycles. The van der Waals surface area contributed by atoms with E-state index in [4.69, 9.17) is 0 Å². The fourth-order valence-electron chi connectivity index (χ4n) is 3.69. The highest BCUT2D eigenvalue weighted by atomic mass is 15.3. The summed E-state index contributed by atoms with van der Waals surface area (Å²) < 4.78 is 0. The molecule has 0 aromatic carbocycles. The molecule has 0 bridgehead atoms. The van der Waals surface area contributed by atoms with Crippen LogP contribution in [0.1, 0.15) is 47.0 Å². The van der Waals surface area contributed by atoms with Gasteiger partial charge in [0.05, 0.1) is 0 Å². The lowest BCUT2D eigenvalue weighted by Gasteiger charge is -2.49. The van der Waals surface area contributed by atoms with E-state index in [0.717, 1.165) is 25.0 Å². The topological polar surface area (TPSA) is 18.5 Å². The molecule has 112 valence electrons. The van der Waals surface area contributed by atoms with Gasteiger partial charge in [-0.1, -0.05) is 20.3 Å². The molecule has 0 aromatic rings. The van der Waals surface area contributed by atoms with E-state index < -0.39 is 0 Å². The summed E-state index contributed by atoms with van der Waals surface area (Å²) in [6.45, 7) is 15.5. The Labute approximate surface area is 119 Å². The van der Waals surface area contributed by atoms with Gasteiger partial charge in [0.15, 0.2) is 0 Å². The zero-order chi connectivity index (χ0) is 13.8. The van der Waals surface area contributed by atoms with E-state index in [1.165, 1.54) is 38.9 Å². The zero-order valence-corrected chi connectivity index (χ0v) is 13.4. The molecule has 0 saturated carbocycles. The standard InChI is InChI=1S/C16H33N3/c1-13(2)9-17-10-14(3)19-12-16-7-5-6-8-18(16)11-15(19)4/h13-17H,5-12H2,1-4H3. The van der Waals surface area contributed by atoms with Crippen molar-refractivity contribution in [2.45, 2.75) is 65.1 Å². The molecule has 2 aliphatic heterocycles. The van der Waals surface area contributed by atoms with Crippen LogP contribution in [-0.2, 0) is 0 Å². The molecule has 0 radical (unpaired) electrons. The minimum Gasteiger partial charge on any atom is -0.315 e. The van der Waals surface area contributed by atoms with Gasteiger partial charge in [-0.25, -0.2) is 0 Å². The van der Waals surface area contributed by atoms with Crippen molar-refractivity contribution in [3.8, 4) is 0 Å². The average molecular weight is 267 g/mol. The second-order valence-electron chi connectivity index (χ2n) is 7.09. The first-order valence-electron chi connectivity index (χ1n) is 8.28. The van der Waals surface area contributed by atoms with Crippen LogP contribution < -0.4 is 5.32 Å². The lowest BCUT2D eigenvalue weighted by atomic mass is 9.96. The largest absolute Gasteiger partial charge is 0.315 e. The first-order valence-corrected chi connectivity index (χ1v) is 8.28. The third-order valence-electron chi connectivity index (χ3n) is 4.79. The lowest BCUT2D eigenvalue weighted by Crippen LogP contribution is -2.61. The summed E-state index contributed by atoms with van der Waals surface area (Å²) in [4.78, 5) is 5.47. The van der Waals surface area contributed by atoms with Crippen molar-refractivity contribution in [1.82, 2.24) is 15.1 Å². The highest BCUT2D eigenvalue weighted by Gasteiger charge is 2.34. The molecule has 3 nitrogen and oxygen atoms in total. The number of nitrogens with one attached hydrogen (secondary N) is 1. The van der Waals surface area contributed by atoms with Gasteiger partial charge in [-0.2, -0.15) is 0 Å². The Morgan fingerprint density at radius 2 is 1.89 bits per heavy atom. The minimum absolute atomic E-state index is 0.665. The molecule has 2 heterocycles. The third-order valence-corrected chi connectivity index (χ3v) is 4.79. The lowest BCUT2D eigenvalue weighted by molar-refractivity contribution is -0.00379. The summed E-state index contributed by atoms with van der Waals surface area (Å²) in [5, 5.41) is 3.62. The van der Waals surface area contributed by atoms with E-state index in [0.29, 0.717) is 12.1 Å². The molecule has 3 atom stereocenters. The summed E-state index contributed by atoms with van der Waals surface area (Å²) >= 11 is 0. The molecule has 3 heteroatoms. The Morgan fingerprint density at radius 1 is 1.11 bits per heavy atom. The van der Waals surface area contributed by atoms with Crippen LogP contribution >= 0.6 is 0 Å². The molecule has 0 aliphatic carbocycles. The molecule has 0 amide bonds. The highest BCUT2D eigenvalue weighted by molar-refractivity contribution is 4.91. The molecule has 0 spiro atoms. The highest BCUT2D eigenvalue weighted by Crippen LogP contribution is 2.25. The maximum absolute atomic E-state index is 3.62. The number of hydrogen-bond donors (Lipinski definition) is 1. The monoisotopic (exact) mass is 267 g/mol. The molecule has 2 fully saturated rings. The van der Waals surface area contributed by atoms with E-state index in [2.05, 4.69) is 42.8 Å². The van der Waals surface area contributed by atoms with E-state index in [9.17, 15) is 0 Å². The Bertz CT molecular complexity index is 267. The average Bonchev–Trinajstić information content (AvgIpc) is 2.37. The van der Waals surface area contributed by atoms with Crippen molar-refractivity contribution in [3.05, 3.63) is 0 Å². The molecule has 2 aliphatic rings. The van der Waals surface area contributed by atoms with Crippen molar-refractivity contribution in [2.24, 2.45) is 5.92 Å². The van der Waals surface area contributed by atoms with Gasteiger partial charge < -0.3 is 5.32 Å². The molecule has 3 unspecified atom stereocenters. The van der Waals surface area contributed by atoms with Gasteiger partial charge in [-0.15, -0.1) is 0 Å². The molecular weight excluding hydrogens is 234 g/mol. The number of nitrogens with zero attached hydrogens (tertiary/aromatic N) is 2. The smallest absolute Gasteiger partial charge is 0.0224 e. The van der Waals surface area contributed by atoms with Crippen molar-refractivity contribution < 1.29 is 0 Å². The summed E-state index contributed by atoms with van der Waals surface area (Å²) in [7, 11) is 0. The van der Waals surface area contributed by atoms with Crippen LogP contribution in [0.15, 0.2) is 0 Å². The van der Waals surface area contributed by atoms with Crippen molar-refractivity contribution in [3.63, 3.8) is 0 Å². The molecule has 19 heavy (non-hydrogen) atoms. The van der Waals surface area contributed by atoms with Crippen molar-refractivity contribution in [1.29, 1.82) is 0 Å². The predicted molar refractivity (Wildman–Crippen MR) is 82.5 cm³/mol. The minimum atomic E-state index is 0.665. The zero-order valence-electron chi connectivity index (χ0n) is 13.4. The first kappa shape index (κ1) is 15.3. The van der Waals surface area contributed by atoms with Crippen LogP contribution in [0.4, 0.5) is 0 Å². The summed E-state index contributed by atoms with van der Waals surface area (Å²) in [6.07, 6.45) is 4.26. The van der Waals surface area contributed by atoms with Crippen LogP contribution in [0.5, 0.6) is 0 Å². The van der Waals surface area contributed by atoms with E-state index in [-0.39, 0.29) is 0 Å². The Hall–Kier alpha value is -0.120. The van der Waals surface area contributed by atoms with Crippen molar-refractivity contribution in [2.75, 3.05) is 32.7 Å². The van der Waals surface area contributed by atoms with Gasteiger partial charge in [0, 0.05) is 37.8 Å². The number of fused-ring (bicyclic) bond motifs is 1. The number of hydrogen-bond acceptors (Lipinski definition) is 3. The van der Waals surface area contributed by atoms with E-state index in [1.54, 1.807) is 0 Å². The normalized spacial score (nSPS) is 31.4. The number of piperazine rings is 1. The summed E-state index contributed by atoms with van der Waals surface area (Å²) in [6, 6.07) is 2.21. The quantitative estimate of drug-likeness (QED) is 0.824. The van der Waals surface area contributed by atoms with Crippen LogP contribution in [0.25, 0.3) is 0 Å². The SMILES string of the molecule is CC(C)CNCC(C)N1CC2CCCCN2CC1C. The van der Waals surface area contributed by atoms with Crippen LogP contribution in [0, 0.1) is 5.92 Å². The fraction of sp³-hybridized carbons (Fsp3) is 1.00. The van der Waals surface area contributed by atoms with E-state index >= 15 is 0 Å². The second-order valence-corrected chi connectivity index (χ2v) is 7.09. The molecule has 0 aromatic heterocycles. The molecule has 2 rings (SSSR count). The number of rotatable bonds is 5. The first-order chi connectivity index (χ1) is 9.08. The van der Waals surface area contributed by atoms with Gasteiger partial charge in [0.1, 0.15) is 0 Å². The van der Waals surface area contributed by atoms with E-state index in [1.807, 2.05) is 0 Å². The summed E-state index contributed by atoms with van der Waals surface area (Å²) in [5.41, 5.74) is 0. The molecular formula is C16H33N3. The maximum Gasteiger partial charge on any atom is 0.0224 e. The van der Waals surface area contributed by atoms with Crippen LogP contribution in [0.3, 0.4) is 0 Å². The van der Waals surface area contributed by atoms with Gasteiger partial charge in [0.25, 0.3) is 0 Å². The second kappa shape index (κ2) is 7.05. The van der Waals surface area contributed by atoms with Gasteiger partial charge in [0.2, 0.25) is 0 Å². The van der Waals surface area contributed by atoms with Gasteiger partial charge in [-0.05, 0) is 45.7 Å². The molecule has 1 N–H and O–H groups in total. The Kier molecular flexibility index (Phi) is 5.67. The fourth-order valence-corrected chi connectivity index (χ4v) is 3.69. The Balaban J connectivity index is 1.81. The maximum atomic E-state index is 3.62. The summed E-state index contributed by atoms with van der Waals surface area (Å²) in [5.74, 6) is 0.750. The predicted octanol–water partition coefficient (Wildman–Crippen LogP) is 2.18. The van der Waals surface area contributed by atoms with Gasteiger partial charge >= 0.3 is 0 Å².